The topological polar surface area (TPSA) is 43.8 Å². The van der Waals surface area contributed by atoms with Gasteiger partial charge in [-0.25, -0.2) is 4.68 Å². The Morgan fingerprint density at radius 1 is 1.32 bits per heavy atom. The Kier molecular flexibility index (Phi) is 3.50. The third-order valence-corrected chi connectivity index (χ3v) is 5.55. The van der Waals surface area contributed by atoms with Gasteiger partial charge >= 0.3 is 0 Å². The molecule has 3 nitrogen and oxygen atoms in total. The average molecular weight is 316 g/mol. The fourth-order valence-electron chi connectivity index (χ4n) is 3.75. The summed E-state index contributed by atoms with van der Waals surface area (Å²) in [6.45, 7) is 2.80. The number of benzene rings is 1. The molecular weight excluding hydrogens is 294 g/mol. The summed E-state index contributed by atoms with van der Waals surface area (Å²) < 4.78 is 2.16. The van der Waals surface area contributed by atoms with Gasteiger partial charge in [0.25, 0.3) is 0 Å². The lowest BCUT2D eigenvalue weighted by atomic mass is 9.84. The minimum Gasteiger partial charge on any atom is -0.330 e. The summed E-state index contributed by atoms with van der Waals surface area (Å²) in [6.07, 6.45) is 6.04. The van der Waals surface area contributed by atoms with Gasteiger partial charge in [-0.1, -0.05) is 17.7 Å². The molecule has 1 heterocycles. The van der Waals surface area contributed by atoms with Crippen molar-refractivity contribution in [1.82, 2.24) is 9.78 Å². The van der Waals surface area contributed by atoms with E-state index in [1.165, 1.54) is 42.6 Å². The number of fused-ring (bicyclic) bond motifs is 1. The number of nitrogens with zero attached hydrogens (tertiary/aromatic N) is 2. The van der Waals surface area contributed by atoms with Crippen molar-refractivity contribution in [3.8, 4) is 5.69 Å². The second kappa shape index (κ2) is 5.39. The van der Waals surface area contributed by atoms with E-state index in [1.54, 1.807) is 0 Å². The zero-order valence-electron chi connectivity index (χ0n) is 13.0. The van der Waals surface area contributed by atoms with E-state index in [0.717, 1.165) is 29.2 Å². The Bertz CT molecular complexity index is 715. The first-order chi connectivity index (χ1) is 10.7. The van der Waals surface area contributed by atoms with Crippen molar-refractivity contribution in [3.63, 3.8) is 0 Å². The lowest BCUT2D eigenvalue weighted by Crippen LogP contribution is -2.19. The van der Waals surface area contributed by atoms with E-state index in [9.17, 15) is 0 Å². The largest absolute Gasteiger partial charge is 0.330 e. The minimum absolute atomic E-state index is 0.479. The van der Waals surface area contributed by atoms with Gasteiger partial charge in [0.15, 0.2) is 0 Å². The molecule has 116 valence electrons. The predicted molar refractivity (Wildman–Crippen MR) is 90.0 cm³/mol. The maximum Gasteiger partial charge on any atom is 0.0698 e. The van der Waals surface area contributed by atoms with Crippen molar-refractivity contribution in [2.75, 3.05) is 6.54 Å². The van der Waals surface area contributed by atoms with Crippen LogP contribution in [-0.2, 0) is 6.42 Å². The summed E-state index contributed by atoms with van der Waals surface area (Å²) in [6, 6.07) is 6.08. The van der Waals surface area contributed by atoms with Gasteiger partial charge in [0.2, 0.25) is 0 Å². The van der Waals surface area contributed by atoms with Gasteiger partial charge < -0.3 is 5.73 Å². The lowest BCUT2D eigenvalue weighted by Gasteiger charge is -2.23. The molecule has 2 N–H and O–H groups in total. The summed E-state index contributed by atoms with van der Waals surface area (Å²) >= 11 is 6.32. The molecule has 2 aliphatic rings. The maximum absolute atomic E-state index is 6.32. The van der Waals surface area contributed by atoms with Crippen LogP contribution < -0.4 is 5.73 Å². The molecule has 1 aromatic heterocycles. The molecular formula is C18H22ClN3. The highest BCUT2D eigenvalue weighted by atomic mass is 35.5. The molecule has 2 aliphatic carbocycles. The number of nitrogens with two attached hydrogens (primary N) is 1. The number of rotatable bonds is 3. The Balaban J connectivity index is 1.92. The molecule has 0 amide bonds. The van der Waals surface area contributed by atoms with Gasteiger partial charge in [-0.05, 0) is 69.2 Å². The number of aromatic nitrogens is 2. The summed E-state index contributed by atoms with van der Waals surface area (Å²) in [5.41, 5.74) is 12.4. The van der Waals surface area contributed by atoms with Crippen LogP contribution in [0.25, 0.3) is 5.69 Å². The van der Waals surface area contributed by atoms with E-state index in [4.69, 9.17) is 22.4 Å². The van der Waals surface area contributed by atoms with Gasteiger partial charge in [0.1, 0.15) is 0 Å². The number of halogens is 1. The fraction of sp³-hybridized carbons (Fsp3) is 0.500. The van der Waals surface area contributed by atoms with E-state index >= 15 is 0 Å². The van der Waals surface area contributed by atoms with E-state index in [1.807, 2.05) is 12.1 Å². The van der Waals surface area contributed by atoms with Crippen LogP contribution in [0.2, 0.25) is 5.02 Å². The fourth-order valence-corrected chi connectivity index (χ4v) is 3.92. The molecule has 1 unspecified atom stereocenters. The first kappa shape index (κ1) is 14.3. The van der Waals surface area contributed by atoms with E-state index in [0.29, 0.717) is 11.8 Å². The van der Waals surface area contributed by atoms with Gasteiger partial charge in [0, 0.05) is 22.2 Å². The zero-order chi connectivity index (χ0) is 15.3. The van der Waals surface area contributed by atoms with Crippen molar-refractivity contribution >= 4 is 11.6 Å². The van der Waals surface area contributed by atoms with E-state index < -0.39 is 0 Å². The summed E-state index contributed by atoms with van der Waals surface area (Å²) in [5, 5.41) is 5.83. The standard InChI is InChI=1S/C18H22ClN3/c1-11-14(19)5-3-6-15(11)22-16-7-2-4-13(10-20)17(16)18(21-22)12-8-9-12/h3,5-6,12-13H,2,4,7-10,20H2,1H3. The monoisotopic (exact) mass is 315 g/mol. The Labute approximate surface area is 136 Å². The molecule has 2 aromatic rings. The Morgan fingerprint density at radius 3 is 2.86 bits per heavy atom. The molecule has 1 fully saturated rings. The van der Waals surface area contributed by atoms with Crippen molar-refractivity contribution < 1.29 is 0 Å². The van der Waals surface area contributed by atoms with Crippen LogP contribution in [0.4, 0.5) is 0 Å². The number of hydrogen-bond acceptors (Lipinski definition) is 2. The molecule has 22 heavy (non-hydrogen) atoms. The maximum atomic E-state index is 6.32. The van der Waals surface area contributed by atoms with Gasteiger partial charge in [-0.2, -0.15) is 5.10 Å². The lowest BCUT2D eigenvalue weighted by molar-refractivity contribution is 0.547. The third kappa shape index (κ3) is 2.19. The van der Waals surface area contributed by atoms with Crippen LogP contribution in [-0.4, -0.2) is 16.3 Å². The van der Waals surface area contributed by atoms with E-state index in [2.05, 4.69) is 17.7 Å². The molecule has 0 aliphatic heterocycles. The first-order valence-corrected chi connectivity index (χ1v) is 8.65. The second-order valence-corrected chi connectivity index (χ2v) is 7.05. The third-order valence-electron chi connectivity index (χ3n) is 5.14. The van der Waals surface area contributed by atoms with Gasteiger partial charge in [-0.3, -0.25) is 0 Å². The van der Waals surface area contributed by atoms with Crippen LogP contribution in [0, 0.1) is 6.92 Å². The predicted octanol–water partition coefficient (Wildman–Crippen LogP) is 4.09. The van der Waals surface area contributed by atoms with Crippen LogP contribution in [0.15, 0.2) is 18.2 Å². The quantitative estimate of drug-likeness (QED) is 0.927. The van der Waals surface area contributed by atoms with Crippen LogP contribution in [0.3, 0.4) is 0 Å². The summed E-state index contributed by atoms with van der Waals surface area (Å²) in [7, 11) is 0. The van der Waals surface area contributed by atoms with Crippen LogP contribution in [0.1, 0.15) is 60.0 Å². The Hall–Kier alpha value is -1.32. The summed E-state index contributed by atoms with van der Waals surface area (Å²) in [4.78, 5) is 0. The van der Waals surface area contributed by atoms with E-state index in [-0.39, 0.29) is 0 Å². The van der Waals surface area contributed by atoms with Gasteiger partial charge in [0.05, 0.1) is 11.4 Å². The van der Waals surface area contributed by atoms with Crippen molar-refractivity contribution in [2.45, 2.75) is 50.9 Å². The molecule has 0 spiro atoms. The summed E-state index contributed by atoms with van der Waals surface area (Å²) in [5.74, 6) is 1.13. The normalized spacial score (nSPS) is 21.0. The second-order valence-electron chi connectivity index (χ2n) is 6.64. The molecule has 0 radical (unpaired) electrons. The highest BCUT2D eigenvalue weighted by molar-refractivity contribution is 6.31. The molecule has 4 rings (SSSR count). The van der Waals surface area contributed by atoms with Gasteiger partial charge in [-0.15, -0.1) is 0 Å². The average Bonchev–Trinajstić information content (AvgIpc) is 3.31. The first-order valence-electron chi connectivity index (χ1n) is 8.28. The molecule has 1 atom stereocenters. The van der Waals surface area contributed by atoms with Crippen LogP contribution >= 0.6 is 11.6 Å². The molecule has 0 bridgehead atoms. The zero-order valence-corrected chi connectivity index (χ0v) is 13.7. The minimum atomic E-state index is 0.479. The Morgan fingerprint density at radius 2 is 2.14 bits per heavy atom. The van der Waals surface area contributed by atoms with Crippen molar-refractivity contribution in [1.29, 1.82) is 0 Å². The number of hydrogen-bond donors (Lipinski definition) is 1. The molecule has 0 saturated heterocycles. The molecule has 1 aromatic carbocycles. The van der Waals surface area contributed by atoms with Crippen LogP contribution in [0.5, 0.6) is 0 Å². The highest BCUT2D eigenvalue weighted by Crippen LogP contribution is 2.46. The SMILES string of the molecule is Cc1c(Cl)cccc1-n1nc(C2CC2)c2c1CCCC2CN. The van der Waals surface area contributed by atoms with Crippen molar-refractivity contribution in [3.05, 3.63) is 45.7 Å². The van der Waals surface area contributed by atoms with Crippen molar-refractivity contribution in [2.24, 2.45) is 5.73 Å². The smallest absolute Gasteiger partial charge is 0.0698 e. The molecule has 4 heteroatoms. The highest BCUT2D eigenvalue weighted by Gasteiger charge is 2.36. The molecule has 1 saturated carbocycles.